The van der Waals surface area contributed by atoms with E-state index in [9.17, 15) is 18.0 Å². The first-order valence-electron chi connectivity index (χ1n) is 16.6. The van der Waals surface area contributed by atoms with E-state index in [0.717, 1.165) is 18.7 Å². The molecule has 3 heterocycles. The number of alkyl halides is 3. The molecule has 54 heavy (non-hydrogen) atoms. The molecule has 0 fully saturated rings. The number of carbonyl (C=O) groups is 1. The average molecular weight is 788 g/mol. The second-order valence-corrected chi connectivity index (χ2v) is 11.9. The maximum atomic E-state index is 15.1. The number of aromatic nitrogens is 5. The van der Waals surface area contributed by atoms with Crippen LogP contribution < -0.4 is 16.4 Å². The first kappa shape index (κ1) is 45.1. The van der Waals surface area contributed by atoms with Gasteiger partial charge in [-0.3, -0.25) is 4.79 Å². The molecular formula is C37H46F4N9O2PS. The maximum absolute atomic E-state index is 15.1. The van der Waals surface area contributed by atoms with E-state index in [1.807, 2.05) is 60.6 Å². The number of halogens is 4. The molecule has 2 aromatic carbocycles. The van der Waals surface area contributed by atoms with Crippen LogP contribution in [-0.4, -0.2) is 43.8 Å². The number of benzene rings is 2. The predicted octanol–water partition coefficient (Wildman–Crippen LogP) is 9.09. The van der Waals surface area contributed by atoms with Crippen LogP contribution in [0.15, 0.2) is 82.7 Å². The molecule has 0 bridgehead atoms. The molecule has 3 aromatic heterocycles. The Morgan fingerprint density at radius 2 is 1.76 bits per heavy atom. The number of rotatable bonds is 9. The summed E-state index contributed by atoms with van der Waals surface area (Å²) in [5, 5.41) is 9.38. The van der Waals surface area contributed by atoms with Gasteiger partial charge in [0.15, 0.2) is 11.5 Å². The molecule has 0 aliphatic heterocycles. The molecule has 0 saturated heterocycles. The minimum absolute atomic E-state index is 0.108. The number of nitrogens with one attached hydrogen (secondary N) is 3. The first-order valence-corrected chi connectivity index (χ1v) is 18.7. The van der Waals surface area contributed by atoms with E-state index in [-0.39, 0.29) is 40.7 Å². The van der Waals surface area contributed by atoms with Crippen LogP contribution in [0, 0.1) is 5.82 Å². The summed E-state index contributed by atoms with van der Waals surface area (Å²) in [5.41, 5.74) is 6.77. The summed E-state index contributed by atoms with van der Waals surface area (Å²) in [6, 6.07) is 9.13. The molecule has 5 aromatic rings. The fourth-order valence-corrected chi connectivity index (χ4v) is 4.46. The van der Waals surface area contributed by atoms with Crippen molar-refractivity contribution in [2.24, 2.45) is 4.99 Å². The molecule has 0 aliphatic rings. The number of nitrogen functional groups attached to an aromatic ring is 1. The third kappa shape index (κ3) is 12.5. The largest absolute Gasteiger partial charge is 0.416 e. The maximum Gasteiger partial charge on any atom is 0.416 e. The highest BCUT2D eigenvalue weighted by Crippen LogP contribution is 2.35. The Morgan fingerprint density at radius 1 is 1.06 bits per heavy atom. The SMILES string of the molecule is C=C(/N=C\C)NC/C=C/C.CC.CC(C)(C)c1noc(C(=O)NCc2ccc(-c3ccnc4nc(-c5ccc(C(F)(F)F)cc5N)[nH]c34)cc2F)n1.PS. The Bertz CT molecular complexity index is 2060. The summed E-state index contributed by atoms with van der Waals surface area (Å²) in [4.78, 5) is 32.0. The molecule has 0 radical (unpaired) electrons. The molecule has 1 atom stereocenters. The third-order valence-electron chi connectivity index (χ3n) is 7.07. The second kappa shape index (κ2) is 21.0. The van der Waals surface area contributed by atoms with Gasteiger partial charge in [0, 0.05) is 53.3 Å². The van der Waals surface area contributed by atoms with Gasteiger partial charge in [-0.25, -0.2) is 19.4 Å². The van der Waals surface area contributed by atoms with E-state index < -0.39 is 28.9 Å². The van der Waals surface area contributed by atoms with Gasteiger partial charge in [0.05, 0.1) is 11.1 Å². The summed E-state index contributed by atoms with van der Waals surface area (Å²) < 4.78 is 59.1. The van der Waals surface area contributed by atoms with Crippen LogP contribution in [-0.2, 0) is 18.1 Å². The van der Waals surface area contributed by atoms with Crippen molar-refractivity contribution in [3.8, 4) is 22.5 Å². The Kier molecular flexibility index (Phi) is 17.5. The monoisotopic (exact) mass is 787 g/mol. The van der Waals surface area contributed by atoms with Crippen molar-refractivity contribution in [1.29, 1.82) is 0 Å². The van der Waals surface area contributed by atoms with Crippen molar-refractivity contribution in [3.63, 3.8) is 0 Å². The summed E-state index contributed by atoms with van der Waals surface area (Å²) in [7, 11) is 2.11. The van der Waals surface area contributed by atoms with Crippen molar-refractivity contribution in [1.82, 2.24) is 35.7 Å². The van der Waals surface area contributed by atoms with Gasteiger partial charge >= 0.3 is 18.0 Å². The van der Waals surface area contributed by atoms with Crippen molar-refractivity contribution in [2.45, 2.75) is 66.6 Å². The van der Waals surface area contributed by atoms with Gasteiger partial charge in [0.2, 0.25) is 0 Å². The number of hydrogen-bond acceptors (Lipinski definition) is 10. The number of imidazole rings is 1. The highest BCUT2D eigenvalue weighted by atomic mass is 32.7. The molecular weight excluding hydrogens is 742 g/mol. The van der Waals surface area contributed by atoms with E-state index in [1.54, 1.807) is 18.3 Å². The van der Waals surface area contributed by atoms with Crippen molar-refractivity contribution >= 4 is 49.7 Å². The first-order chi connectivity index (χ1) is 25.6. The van der Waals surface area contributed by atoms with Crippen LogP contribution in [0.1, 0.15) is 76.1 Å². The lowest BCUT2D eigenvalue weighted by Gasteiger charge is -2.10. The molecule has 0 aliphatic carbocycles. The standard InChI is InChI=1S/C27H23F4N7O2.C8H14N2.C2H6.H3PS/c1-26(2,3)25-37-24(40-38-25)23(39)34-12-14-5-4-13(10-18(14)28)16-8-9-33-22-20(16)35-21(36-22)17-7-6-15(11-19(17)32)27(29,30)31;1-4-6-7-10-8(3)9-5-2;2*1-2/h4-11H,12,32H2,1-3H3,(H,34,39)(H,33,35,36);4-6,10H,3,7H2,1-2H3;1-2H3;2H,1H2/b;6-4+,9-5-;;. The lowest BCUT2D eigenvalue weighted by Crippen LogP contribution is -2.24. The number of aliphatic imine (C=N–C) groups is 1. The smallest absolute Gasteiger partial charge is 0.398 e. The molecule has 5 N–H and O–H groups in total. The van der Waals surface area contributed by atoms with E-state index in [2.05, 4.69) is 68.0 Å². The number of nitrogens with two attached hydrogens (primary N) is 1. The van der Waals surface area contributed by atoms with Gasteiger partial charge in [-0.05, 0) is 49.7 Å². The minimum atomic E-state index is -4.53. The number of nitrogens with zero attached hydrogens (tertiary/aromatic N) is 5. The number of fused-ring (bicyclic) bond motifs is 1. The Labute approximate surface area is 319 Å². The van der Waals surface area contributed by atoms with E-state index in [1.165, 1.54) is 24.4 Å². The zero-order chi connectivity index (χ0) is 40.6. The van der Waals surface area contributed by atoms with Crippen molar-refractivity contribution in [2.75, 3.05) is 12.3 Å². The van der Waals surface area contributed by atoms with E-state index >= 15 is 4.39 Å². The van der Waals surface area contributed by atoms with Crippen LogP contribution in [0.2, 0.25) is 0 Å². The second-order valence-electron chi connectivity index (χ2n) is 11.9. The van der Waals surface area contributed by atoms with Crippen molar-refractivity contribution < 1.29 is 26.9 Å². The number of amides is 1. The highest BCUT2D eigenvalue weighted by molar-refractivity contribution is 8.31. The third-order valence-corrected chi connectivity index (χ3v) is 7.07. The fraction of sp³-hybridized carbons (Fsp3) is 0.297. The molecule has 1 unspecified atom stereocenters. The van der Waals surface area contributed by atoms with Gasteiger partial charge in [-0.1, -0.05) is 79.1 Å². The normalized spacial score (nSPS) is 11.3. The van der Waals surface area contributed by atoms with Crippen LogP contribution in [0.5, 0.6) is 0 Å². The molecule has 290 valence electrons. The molecule has 0 saturated carbocycles. The Morgan fingerprint density at radius 3 is 2.33 bits per heavy atom. The van der Waals surface area contributed by atoms with E-state index in [4.69, 9.17) is 10.3 Å². The number of anilines is 1. The van der Waals surface area contributed by atoms with E-state index in [0.29, 0.717) is 28.3 Å². The lowest BCUT2D eigenvalue weighted by atomic mass is 9.96. The number of hydrogen-bond donors (Lipinski definition) is 5. The zero-order valence-electron chi connectivity index (χ0n) is 31.1. The summed E-state index contributed by atoms with van der Waals surface area (Å²) in [6.07, 6.45) is 2.66. The number of aromatic amines is 1. The number of allylic oxidation sites excluding steroid dienone is 1. The van der Waals surface area contributed by atoms with Crippen LogP contribution >= 0.6 is 20.7 Å². The van der Waals surface area contributed by atoms with Gasteiger partial charge in [-0.15, -0.1) is 0 Å². The Balaban J connectivity index is 0.000000621. The van der Waals surface area contributed by atoms with Gasteiger partial charge in [-0.2, -0.15) is 30.4 Å². The van der Waals surface area contributed by atoms with Gasteiger partial charge in [0.25, 0.3) is 0 Å². The molecule has 5 rings (SSSR count). The van der Waals surface area contributed by atoms with Gasteiger partial charge in [0.1, 0.15) is 17.5 Å². The number of thiol groups is 1. The van der Waals surface area contributed by atoms with Crippen LogP contribution in [0.25, 0.3) is 33.7 Å². The quantitative estimate of drug-likeness (QED) is 0.0247. The Hall–Kier alpha value is -5.08. The molecule has 0 spiro atoms. The topological polar surface area (TPSA) is 160 Å². The number of pyridine rings is 1. The predicted molar refractivity (Wildman–Crippen MR) is 214 cm³/mol. The fourth-order valence-electron chi connectivity index (χ4n) is 4.46. The van der Waals surface area contributed by atoms with Crippen LogP contribution in [0.3, 0.4) is 0 Å². The molecule has 1 amide bonds. The minimum Gasteiger partial charge on any atom is -0.398 e. The lowest BCUT2D eigenvalue weighted by molar-refractivity contribution is -0.137. The molecule has 11 nitrogen and oxygen atoms in total. The van der Waals surface area contributed by atoms with Crippen LogP contribution in [0.4, 0.5) is 23.2 Å². The van der Waals surface area contributed by atoms with Gasteiger partial charge < -0.3 is 25.9 Å². The summed E-state index contributed by atoms with van der Waals surface area (Å²) in [5.74, 6) is -0.118. The highest BCUT2D eigenvalue weighted by Gasteiger charge is 2.31. The molecule has 17 heteroatoms. The summed E-state index contributed by atoms with van der Waals surface area (Å²) >= 11 is 3.44. The zero-order valence-corrected chi connectivity index (χ0v) is 33.2. The average Bonchev–Trinajstić information content (AvgIpc) is 3.82. The van der Waals surface area contributed by atoms with Crippen molar-refractivity contribution in [3.05, 3.63) is 102 Å². The number of carbonyl (C=O) groups excluding carboxylic acids is 1. The summed E-state index contributed by atoms with van der Waals surface area (Å²) in [6.45, 7) is 17.8. The number of H-pyrrole nitrogens is 1.